The van der Waals surface area contributed by atoms with Crippen molar-refractivity contribution in [3.8, 4) is 0 Å². The molecule has 9 heteroatoms. The lowest BCUT2D eigenvalue weighted by Crippen LogP contribution is -2.47. The Morgan fingerprint density at radius 1 is 1.25 bits per heavy atom. The summed E-state index contributed by atoms with van der Waals surface area (Å²) in [6.07, 6.45) is 3.37. The van der Waals surface area contributed by atoms with Crippen molar-refractivity contribution in [3.63, 3.8) is 0 Å². The molecule has 1 N–H and O–H groups in total. The van der Waals surface area contributed by atoms with E-state index in [4.69, 9.17) is 16.0 Å². The van der Waals surface area contributed by atoms with E-state index in [9.17, 15) is 14.4 Å². The quantitative estimate of drug-likeness (QED) is 0.795. The molecule has 1 aromatic carbocycles. The van der Waals surface area contributed by atoms with Gasteiger partial charge in [-0.2, -0.15) is 0 Å². The number of urea groups is 1. The van der Waals surface area contributed by atoms with E-state index in [0.717, 1.165) is 10.5 Å². The first kappa shape index (κ1) is 18.1. The van der Waals surface area contributed by atoms with Crippen molar-refractivity contribution in [1.82, 2.24) is 20.2 Å². The molecule has 0 aliphatic carbocycles. The number of nitrogens with zero attached hydrogens (tertiary/aromatic N) is 3. The number of imide groups is 1. The highest BCUT2D eigenvalue weighted by Gasteiger charge is 2.39. The first-order chi connectivity index (χ1) is 13.4. The van der Waals surface area contributed by atoms with Crippen molar-refractivity contribution in [2.75, 3.05) is 20.1 Å². The number of hydrazine groups is 1. The van der Waals surface area contributed by atoms with E-state index in [1.54, 1.807) is 24.3 Å². The summed E-state index contributed by atoms with van der Waals surface area (Å²) in [5.74, 6) is -0.278. The van der Waals surface area contributed by atoms with Gasteiger partial charge in [0.1, 0.15) is 24.9 Å². The Hall–Kier alpha value is -3.26. The maximum atomic E-state index is 12.9. The van der Waals surface area contributed by atoms with Gasteiger partial charge in [0, 0.05) is 12.1 Å². The summed E-state index contributed by atoms with van der Waals surface area (Å²) in [4.78, 5) is 39.2. The highest BCUT2D eigenvalue weighted by Crippen LogP contribution is 2.32. The molecule has 2 aliphatic rings. The van der Waals surface area contributed by atoms with Crippen LogP contribution in [0.2, 0.25) is 5.02 Å². The zero-order valence-electron chi connectivity index (χ0n) is 15.0. The molecule has 28 heavy (non-hydrogen) atoms. The number of likely N-dealkylation sites (N-methyl/N-ethyl adjacent to an activating group) is 1. The van der Waals surface area contributed by atoms with E-state index < -0.39 is 23.9 Å². The monoisotopic (exact) mass is 400 g/mol. The van der Waals surface area contributed by atoms with Crippen LogP contribution in [0.15, 0.2) is 53.2 Å². The minimum atomic E-state index is -0.515. The van der Waals surface area contributed by atoms with Crippen LogP contribution in [0.5, 0.6) is 0 Å². The van der Waals surface area contributed by atoms with Gasteiger partial charge in [0.2, 0.25) is 0 Å². The van der Waals surface area contributed by atoms with Gasteiger partial charge in [-0.25, -0.2) is 9.80 Å². The number of carbonyl (C=O) groups excluding carboxylic acids is 3. The minimum absolute atomic E-state index is 0.0323. The van der Waals surface area contributed by atoms with Gasteiger partial charge in [-0.15, -0.1) is 0 Å². The van der Waals surface area contributed by atoms with Crippen LogP contribution in [0.3, 0.4) is 0 Å². The lowest BCUT2D eigenvalue weighted by Gasteiger charge is -2.25. The molecular weight excluding hydrogens is 384 g/mol. The van der Waals surface area contributed by atoms with Crippen LogP contribution in [-0.2, 0) is 9.59 Å². The molecule has 0 bridgehead atoms. The number of furan rings is 1. The molecule has 0 saturated carbocycles. The molecular formula is C19H17ClN4O4. The molecule has 1 saturated heterocycles. The van der Waals surface area contributed by atoms with Crippen molar-refractivity contribution in [2.24, 2.45) is 0 Å². The third-order valence-electron chi connectivity index (χ3n) is 4.63. The SMILES string of the molecule is CN1CC(=O)N(CC(=O)N2NC(c3ccc(Cl)cc3)=C[C@H]2c2ccco2)C1=O. The Labute approximate surface area is 165 Å². The summed E-state index contributed by atoms with van der Waals surface area (Å²) in [6.45, 7) is -0.386. The largest absolute Gasteiger partial charge is 0.467 e. The molecule has 1 aromatic heterocycles. The van der Waals surface area contributed by atoms with Gasteiger partial charge < -0.3 is 9.32 Å². The van der Waals surface area contributed by atoms with Crippen LogP contribution in [0, 0.1) is 0 Å². The molecule has 144 valence electrons. The van der Waals surface area contributed by atoms with Crippen LogP contribution in [0.4, 0.5) is 4.79 Å². The standard InChI is InChI=1S/C19H17ClN4O4/c1-22-10-17(25)23(19(22)27)11-18(26)24-15(16-3-2-8-28-16)9-14(21-24)12-4-6-13(20)7-5-12/h2-9,15,21H,10-11H2,1H3/t15-/m0/s1. The Morgan fingerprint density at radius 3 is 2.61 bits per heavy atom. The predicted molar refractivity (Wildman–Crippen MR) is 101 cm³/mol. The molecule has 1 atom stereocenters. The van der Waals surface area contributed by atoms with Crippen LogP contribution >= 0.6 is 11.6 Å². The fraction of sp³-hybridized carbons (Fsp3) is 0.211. The number of amides is 4. The summed E-state index contributed by atoms with van der Waals surface area (Å²) in [5.41, 5.74) is 4.59. The second kappa shape index (κ2) is 7.05. The third kappa shape index (κ3) is 3.22. The van der Waals surface area contributed by atoms with Crippen LogP contribution in [-0.4, -0.2) is 52.8 Å². The maximum Gasteiger partial charge on any atom is 0.327 e. The summed E-state index contributed by atoms with van der Waals surface area (Å²) in [7, 11) is 1.52. The lowest BCUT2D eigenvalue weighted by molar-refractivity contribution is -0.139. The summed E-state index contributed by atoms with van der Waals surface area (Å²) < 4.78 is 5.48. The highest BCUT2D eigenvalue weighted by atomic mass is 35.5. The van der Waals surface area contributed by atoms with Crippen LogP contribution < -0.4 is 5.43 Å². The smallest absolute Gasteiger partial charge is 0.327 e. The van der Waals surface area contributed by atoms with E-state index in [1.807, 2.05) is 18.2 Å². The number of benzene rings is 1. The van der Waals surface area contributed by atoms with E-state index >= 15 is 0 Å². The number of hydrogen-bond acceptors (Lipinski definition) is 5. The molecule has 4 rings (SSSR count). The summed E-state index contributed by atoms with van der Waals surface area (Å²) in [5, 5.41) is 1.97. The van der Waals surface area contributed by atoms with Crippen molar-refractivity contribution < 1.29 is 18.8 Å². The predicted octanol–water partition coefficient (Wildman–Crippen LogP) is 2.26. The van der Waals surface area contributed by atoms with Gasteiger partial charge >= 0.3 is 6.03 Å². The van der Waals surface area contributed by atoms with Gasteiger partial charge in [0.25, 0.3) is 11.8 Å². The van der Waals surface area contributed by atoms with Crippen molar-refractivity contribution >= 4 is 35.1 Å². The van der Waals surface area contributed by atoms with E-state index in [1.165, 1.54) is 23.2 Å². The average Bonchev–Trinajstić information content (AvgIpc) is 3.39. The molecule has 0 radical (unpaired) electrons. The summed E-state index contributed by atoms with van der Waals surface area (Å²) in [6, 6.07) is 9.65. The second-order valence-corrected chi connectivity index (χ2v) is 6.98. The molecule has 3 heterocycles. The molecule has 4 amide bonds. The Kier molecular flexibility index (Phi) is 4.56. The molecule has 0 spiro atoms. The van der Waals surface area contributed by atoms with Crippen molar-refractivity contribution in [1.29, 1.82) is 0 Å². The zero-order chi connectivity index (χ0) is 19.8. The molecule has 2 aliphatic heterocycles. The maximum absolute atomic E-state index is 12.9. The fourth-order valence-corrected chi connectivity index (χ4v) is 3.31. The van der Waals surface area contributed by atoms with Crippen molar-refractivity contribution in [3.05, 3.63) is 65.1 Å². The molecule has 1 fully saturated rings. The Morgan fingerprint density at radius 2 is 2.00 bits per heavy atom. The number of halogens is 1. The Balaban J connectivity index is 1.59. The van der Waals surface area contributed by atoms with E-state index in [-0.39, 0.29) is 13.1 Å². The van der Waals surface area contributed by atoms with Gasteiger partial charge in [-0.3, -0.25) is 19.9 Å². The lowest BCUT2D eigenvalue weighted by atomic mass is 10.1. The van der Waals surface area contributed by atoms with Gasteiger partial charge in [0.05, 0.1) is 12.0 Å². The normalized spacial score (nSPS) is 19.3. The average molecular weight is 401 g/mol. The first-order valence-corrected chi connectivity index (χ1v) is 8.97. The second-order valence-electron chi connectivity index (χ2n) is 6.54. The van der Waals surface area contributed by atoms with Crippen molar-refractivity contribution in [2.45, 2.75) is 6.04 Å². The zero-order valence-corrected chi connectivity index (χ0v) is 15.7. The molecule has 8 nitrogen and oxygen atoms in total. The van der Waals surface area contributed by atoms with Gasteiger partial charge in [0.15, 0.2) is 0 Å². The highest BCUT2D eigenvalue weighted by molar-refractivity contribution is 6.30. The number of hydrogen-bond donors (Lipinski definition) is 1. The van der Waals surface area contributed by atoms with Crippen LogP contribution in [0.1, 0.15) is 17.4 Å². The van der Waals surface area contributed by atoms with E-state index in [0.29, 0.717) is 16.5 Å². The number of carbonyl (C=O) groups is 3. The Bertz CT molecular complexity index is 955. The topological polar surface area (TPSA) is 86.1 Å². The van der Waals surface area contributed by atoms with Crippen LogP contribution in [0.25, 0.3) is 5.70 Å². The first-order valence-electron chi connectivity index (χ1n) is 8.59. The van der Waals surface area contributed by atoms with Gasteiger partial charge in [-0.1, -0.05) is 23.7 Å². The third-order valence-corrected chi connectivity index (χ3v) is 4.88. The number of rotatable bonds is 4. The number of nitrogens with one attached hydrogen (secondary N) is 1. The van der Waals surface area contributed by atoms with E-state index in [2.05, 4.69) is 5.43 Å². The molecule has 2 aromatic rings. The summed E-state index contributed by atoms with van der Waals surface area (Å²) >= 11 is 5.95. The molecule has 0 unspecified atom stereocenters. The minimum Gasteiger partial charge on any atom is -0.467 e. The fourth-order valence-electron chi connectivity index (χ4n) is 3.18. The van der Waals surface area contributed by atoms with Gasteiger partial charge in [-0.05, 0) is 35.9 Å².